The van der Waals surface area contributed by atoms with Gasteiger partial charge in [-0.15, -0.1) is 0 Å². The summed E-state index contributed by atoms with van der Waals surface area (Å²) in [6, 6.07) is 4.65. The Hall–Kier alpha value is -0.410. The van der Waals surface area contributed by atoms with E-state index in [9.17, 15) is 0 Å². The fourth-order valence-electron chi connectivity index (χ4n) is 1.91. The topological polar surface area (TPSA) is 24.9 Å². The first-order chi connectivity index (χ1) is 7.79. The Balaban J connectivity index is 2.00. The van der Waals surface area contributed by atoms with E-state index >= 15 is 0 Å². The van der Waals surface area contributed by atoms with Gasteiger partial charge in [-0.05, 0) is 53.4 Å². The molecule has 0 saturated heterocycles. The smallest absolute Gasteiger partial charge is 0.0574 e. The third-order valence-corrected chi connectivity index (χ3v) is 3.48. The first-order valence-electron chi connectivity index (χ1n) is 6.14. The molecule has 2 rings (SSSR count). The first-order valence-corrected chi connectivity index (χ1v) is 6.93. The van der Waals surface area contributed by atoms with Crippen LogP contribution >= 0.6 is 15.9 Å². The molecule has 0 amide bonds. The van der Waals surface area contributed by atoms with Crippen LogP contribution in [0.4, 0.5) is 0 Å². The minimum Gasteiger partial charge on any atom is -0.309 e. The Kier molecular flexibility index (Phi) is 4.36. The van der Waals surface area contributed by atoms with Crippen LogP contribution in [0.3, 0.4) is 0 Å². The van der Waals surface area contributed by atoms with E-state index in [2.05, 4.69) is 45.3 Å². The van der Waals surface area contributed by atoms with E-state index < -0.39 is 0 Å². The number of nitrogens with one attached hydrogen (secondary N) is 1. The van der Waals surface area contributed by atoms with Crippen molar-refractivity contribution in [2.24, 2.45) is 5.92 Å². The molecule has 0 radical (unpaired) electrons. The summed E-state index contributed by atoms with van der Waals surface area (Å²) < 4.78 is 1.05. The minimum absolute atomic E-state index is 0.445. The summed E-state index contributed by atoms with van der Waals surface area (Å²) in [6.45, 7) is 3.28. The van der Waals surface area contributed by atoms with E-state index in [0.29, 0.717) is 6.04 Å². The van der Waals surface area contributed by atoms with Crippen molar-refractivity contribution in [1.82, 2.24) is 10.3 Å². The van der Waals surface area contributed by atoms with Crippen molar-refractivity contribution in [2.45, 2.75) is 38.6 Å². The second-order valence-electron chi connectivity index (χ2n) is 4.59. The highest BCUT2D eigenvalue weighted by Gasteiger charge is 2.26. The van der Waals surface area contributed by atoms with E-state index in [-0.39, 0.29) is 0 Å². The van der Waals surface area contributed by atoms with Crippen molar-refractivity contribution in [3.63, 3.8) is 0 Å². The van der Waals surface area contributed by atoms with Crippen molar-refractivity contribution in [1.29, 1.82) is 0 Å². The highest BCUT2D eigenvalue weighted by molar-refractivity contribution is 9.10. The molecule has 88 valence electrons. The van der Waals surface area contributed by atoms with Crippen LogP contribution in [0.25, 0.3) is 0 Å². The lowest BCUT2D eigenvalue weighted by Gasteiger charge is -2.17. The molecule has 0 aliphatic heterocycles. The van der Waals surface area contributed by atoms with Crippen LogP contribution in [-0.4, -0.2) is 11.5 Å². The zero-order valence-electron chi connectivity index (χ0n) is 9.75. The Morgan fingerprint density at radius 2 is 2.31 bits per heavy atom. The van der Waals surface area contributed by atoms with Gasteiger partial charge in [0.25, 0.3) is 0 Å². The molecule has 1 aliphatic carbocycles. The van der Waals surface area contributed by atoms with Gasteiger partial charge >= 0.3 is 0 Å². The highest BCUT2D eigenvalue weighted by Crippen LogP contribution is 2.37. The molecule has 0 spiro atoms. The molecule has 1 aromatic heterocycles. The van der Waals surface area contributed by atoms with Gasteiger partial charge in [0, 0.05) is 16.7 Å². The van der Waals surface area contributed by atoms with Gasteiger partial charge in [-0.1, -0.05) is 19.8 Å². The van der Waals surface area contributed by atoms with Crippen LogP contribution in [0.2, 0.25) is 0 Å². The van der Waals surface area contributed by atoms with Crippen LogP contribution in [0.15, 0.2) is 22.8 Å². The SMILES string of the molecule is CCCNC(CC1CC1)c1ccc(Br)cn1. The average molecular weight is 283 g/mol. The molecular formula is C13H19BrN2. The summed E-state index contributed by atoms with van der Waals surface area (Å²) in [7, 11) is 0. The molecule has 1 unspecified atom stereocenters. The van der Waals surface area contributed by atoms with Crippen molar-refractivity contribution in [3.05, 3.63) is 28.5 Å². The number of rotatable bonds is 6. The van der Waals surface area contributed by atoms with Crippen LogP contribution in [0, 0.1) is 5.92 Å². The lowest BCUT2D eigenvalue weighted by molar-refractivity contribution is 0.464. The Labute approximate surface area is 106 Å². The fourth-order valence-corrected chi connectivity index (χ4v) is 2.14. The zero-order valence-corrected chi connectivity index (χ0v) is 11.3. The third-order valence-electron chi connectivity index (χ3n) is 3.01. The quantitative estimate of drug-likeness (QED) is 0.861. The van der Waals surface area contributed by atoms with Gasteiger partial charge in [0.05, 0.1) is 5.69 Å². The molecule has 0 aromatic carbocycles. The number of pyridine rings is 1. The third kappa shape index (κ3) is 3.56. The zero-order chi connectivity index (χ0) is 11.4. The van der Waals surface area contributed by atoms with Crippen molar-refractivity contribution in [2.75, 3.05) is 6.54 Å². The van der Waals surface area contributed by atoms with Crippen LogP contribution in [0.5, 0.6) is 0 Å². The van der Waals surface area contributed by atoms with E-state index in [4.69, 9.17) is 0 Å². The Morgan fingerprint density at radius 1 is 1.50 bits per heavy atom. The Morgan fingerprint density at radius 3 is 2.88 bits per heavy atom. The van der Waals surface area contributed by atoms with E-state index in [1.807, 2.05) is 6.20 Å². The second kappa shape index (κ2) is 5.78. The maximum absolute atomic E-state index is 4.50. The predicted molar refractivity (Wildman–Crippen MR) is 70.3 cm³/mol. The monoisotopic (exact) mass is 282 g/mol. The predicted octanol–water partition coefficient (Wildman–Crippen LogP) is 3.68. The molecular weight excluding hydrogens is 264 g/mol. The maximum Gasteiger partial charge on any atom is 0.0574 e. The van der Waals surface area contributed by atoms with Gasteiger partial charge < -0.3 is 5.32 Å². The van der Waals surface area contributed by atoms with E-state index in [1.54, 1.807) is 0 Å². The normalized spacial score (nSPS) is 17.4. The van der Waals surface area contributed by atoms with Crippen LogP contribution in [0.1, 0.15) is 44.3 Å². The molecule has 1 aliphatic rings. The van der Waals surface area contributed by atoms with Crippen LogP contribution in [-0.2, 0) is 0 Å². The minimum atomic E-state index is 0.445. The summed E-state index contributed by atoms with van der Waals surface area (Å²) in [5.74, 6) is 0.930. The average Bonchev–Trinajstić information content (AvgIpc) is 3.09. The number of hydrogen-bond donors (Lipinski definition) is 1. The number of halogens is 1. The van der Waals surface area contributed by atoms with Crippen molar-refractivity contribution >= 4 is 15.9 Å². The fraction of sp³-hybridized carbons (Fsp3) is 0.615. The first kappa shape index (κ1) is 12.1. The lowest BCUT2D eigenvalue weighted by Crippen LogP contribution is -2.23. The maximum atomic E-state index is 4.50. The molecule has 1 heterocycles. The molecule has 1 N–H and O–H groups in total. The number of aromatic nitrogens is 1. The molecule has 16 heavy (non-hydrogen) atoms. The van der Waals surface area contributed by atoms with E-state index in [1.165, 1.54) is 31.4 Å². The summed E-state index contributed by atoms with van der Waals surface area (Å²) in [4.78, 5) is 4.50. The molecule has 2 nitrogen and oxygen atoms in total. The lowest BCUT2D eigenvalue weighted by atomic mass is 10.1. The van der Waals surface area contributed by atoms with Gasteiger partial charge in [-0.25, -0.2) is 0 Å². The van der Waals surface area contributed by atoms with E-state index in [0.717, 1.165) is 16.9 Å². The summed E-state index contributed by atoms with van der Waals surface area (Å²) in [5.41, 5.74) is 1.18. The Bertz CT molecular complexity index is 319. The second-order valence-corrected chi connectivity index (χ2v) is 5.50. The molecule has 1 atom stereocenters. The number of hydrogen-bond acceptors (Lipinski definition) is 2. The molecule has 1 saturated carbocycles. The van der Waals surface area contributed by atoms with Crippen molar-refractivity contribution < 1.29 is 0 Å². The molecule has 0 bridgehead atoms. The van der Waals surface area contributed by atoms with Crippen molar-refractivity contribution in [3.8, 4) is 0 Å². The molecule has 3 heteroatoms. The van der Waals surface area contributed by atoms with Gasteiger partial charge in [0.15, 0.2) is 0 Å². The standard InChI is InChI=1S/C13H19BrN2/c1-2-7-15-13(8-10-3-4-10)12-6-5-11(14)9-16-12/h5-6,9-10,13,15H,2-4,7-8H2,1H3. The number of nitrogens with zero attached hydrogens (tertiary/aromatic N) is 1. The summed E-state index contributed by atoms with van der Waals surface area (Å²) in [6.07, 6.45) is 7.12. The van der Waals surface area contributed by atoms with Gasteiger partial charge in [-0.3, -0.25) is 4.98 Å². The molecule has 1 aromatic rings. The van der Waals surface area contributed by atoms with Gasteiger partial charge in [-0.2, -0.15) is 0 Å². The van der Waals surface area contributed by atoms with Gasteiger partial charge in [0.1, 0.15) is 0 Å². The summed E-state index contributed by atoms with van der Waals surface area (Å²) >= 11 is 3.43. The van der Waals surface area contributed by atoms with Gasteiger partial charge in [0.2, 0.25) is 0 Å². The highest BCUT2D eigenvalue weighted by atomic mass is 79.9. The van der Waals surface area contributed by atoms with Crippen LogP contribution < -0.4 is 5.32 Å². The summed E-state index contributed by atoms with van der Waals surface area (Å²) in [5, 5.41) is 3.60. The molecule has 1 fully saturated rings. The largest absolute Gasteiger partial charge is 0.309 e.